The second-order valence-electron chi connectivity index (χ2n) is 3.16. The van der Waals surface area contributed by atoms with Crippen LogP contribution in [0.25, 0.3) is 11.5 Å². The first-order valence-electron chi connectivity index (χ1n) is 4.42. The molecule has 0 amide bonds. The van der Waals surface area contributed by atoms with E-state index in [1.54, 1.807) is 0 Å². The van der Waals surface area contributed by atoms with Gasteiger partial charge in [0.25, 0.3) is 0 Å². The van der Waals surface area contributed by atoms with Crippen molar-refractivity contribution in [3.05, 3.63) is 41.8 Å². The van der Waals surface area contributed by atoms with E-state index >= 15 is 0 Å². The van der Waals surface area contributed by atoms with Gasteiger partial charge in [-0.15, -0.1) is 0 Å². The molecule has 0 aliphatic rings. The Balaban J connectivity index is 2.39. The van der Waals surface area contributed by atoms with E-state index in [9.17, 15) is 0 Å². The van der Waals surface area contributed by atoms with E-state index in [1.807, 2.05) is 31.2 Å². The van der Waals surface area contributed by atoms with Gasteiger partial charge < -0.3 is 9.52 Å². The topological polar surface area (TPSA) is 46.3 Å². The zero-order chi connectivity index (χ0) is 9.97. The molecular formula is C11H11NO2. The lowest BCUT2D eigenvalue weighted by molar-refractivity contribution is 0.248. The van der Waals surface area contributed by atoms with Crippen molar-refractivity contribution in [1.29, 1.82) is 0 Å². The van der Waals surface area contributed by atoms with Gasteiger partial charge in [0.05, 0.1) is 6.20 Å². The van der Waals surface area contributed by atoms with E-state index in [2.05, 4.69) is 4.98 Å². The van der Waals surface area contributed by atoms with Gasteiger partial charge >= 0.3 is 0 Å². The molecule has 2 aromatic rings. The first-order chi connectivity index (χ1) is 6.79. The predicted octanol–water partition coefficient (Wildman–Crippen LogP) is 2.14. The highest BCUT2D eigenvalue weighted by Crippen LogP contribution is 2.19. The molecule has 1 aromatic carbocycles. The highest BCUT2D eigenvalue weighted by Gasteiger charge is 2.05. The summed E-state index contributed by atoms with van der Waals surface area (Å²) in [4.78, 5) is 4.07. The van der Waals surface area contributed by atoms with Crippen LogP contribution in [0, 0.1) is 6.92 Å². The lowest BCUT2D eigenvalue weighted by atomic mass is 10.1. The number of nitrogens with zero attached hydrogens (tertiary/aromatic N) is 1. The van der Waals surface area contributed by atoms with E-state index in [-0.39, 0.29) is 6.61 Å². The highest BCUT2D eigenvalue weighted by molar-refractivity contribution is 5.54. The molecule has 0 radical (unpaired) electrons. The Labute approximate surface area is 82.0 Å². The van der Waals surface area contributed by atoms with Crippen LogP contribution in [-0.2, 0) is 6.61 Å². The minimum Gasteiger partial charge on any atom is -0.439 e. The third-order valence-electron chi connectivity index (χ3n) is 1.97. The molecule has 1 heterocycles. The number of benzene rings is 1. The summed E-state index contributed by atoms with van der Waals surface area (Å²) in [5.41, 5.74) is 2.09. The first kappa shape index (κ1) is 8.97. The summed E-state index contributed by atoms with van der Waals surface area (Å²) >= 11 is 0. The van der Waals surface area contributed by atoms with E-state index in [0.717, 1.165) is 11.1 Å². The van der Waals surface area contributed by atoms with Gasteiger partial charge in [0.1, 0.15) is 12.4 Å². The Kier molecular flexibility index (Phi) is 2.33. The maximum atomic E-state index is 8.82. The molecule has 1 aromatic heterocycles. The number of aromatic nitrogens is 1. The second kappa shape index (κ2) is 3.64. The van der Waals surface area contributed by atoms with E-state index in [4.69, 9.17) is 9.52 Å². The minimum atomic E-state index is -0.112. The Morgan fingerprint density at radius 2 is 2.29 bits per heavy atom. The predicted molar refractivity (Wildman–Crippen MR) is 52.6 cm³/mol. The van der Waals surface area contributed by atoms with Crippen molar-refractivity contribution in [3.8, 4) is 11.5 Å². The lowest BCUT2D eigenvalue weighted by Crippen LogP contribution is -1.78. The van der Waals surface area contributed by atoms with Crippen molar-refractivity contribution in [2.45, 2.75) is 13.5 Å². The molecule has 0 bridgehead atoms. The van der Waals surface area contributed by atoms with E-state index < -0.39 is 0 Å². The van der Waals surface area contributed by atoms with Gasteiger partial charge in [-0.25, -0.2) is 4.98 Å². The van der Waals surface area contributed by atoms with Crippen LogP contribution in [-0.4, -0.2) is 10.1 Å². The number of aliphatic hydroxyl groups excluding tert-OH is 1. The summed E-state index contributed by atoms with van der Waals surface area (Å²) in [5.74, 6) is 1.04. The third-order valence-corrected chi connectivity index (χ3v) is 1.97. The van der Waals surface area contributed by atoms with Crippen molar-refractivity contribution in [1.82, 2.24) is 4.98 Å². The SMILES string of the molecule is Cc1cccc(-c2ncc(CO)o2)c1. The van der Waals surface area contributed by atoms with Crippen molar-refractivity contribution < 1.29 is 9.52 Å². The number of rotatable bonds is 2. The molecule has 0 saturated heterocycles. The first-order valence-corrected chi connectivity index (χ1v) is 4.42. The number of hydrogen-bond acceptors (Lipinski definition) is 3. The van der Waals surface area contributed by atoms with Crippen LogP contribution in [0.1, 0.15) is 11.3 Å². The molecular weight excluding hydrogens is 178 g/mol. The quantitative estimate of drug-likeness (QED) is 0.787. The number of oxazole rings is 1. The van der Waals surface area contributed by atoms with Crippen molar-refractivity contribution in [3.63, 3.8) is 0 Å². The fourth-order valence-corrected chi connectivity index (χ4v) is 1.29. The fourth-order valence-electron chi connectivity index (χ4n) is 1.29. The molecule has 0 saturated carbocycles. The highest BCUT2D eigenvalue weighted by atomic mass is 16.4. The van der Waals surface area contributed by atoms with Crippen LogP contribution >= 0.6 is 0 Å². The molecule has 0 fully saturated rings. The molecule has 3 heteroatoms. The molecule has 0 unspecified atom stereocenters. The Hall–Kier alpha value is -1.61. The average Bonchev–Trinajstić information content (AvgIpc) is 2.66. The smallest absolute Gasteiger partial charge is 0.226 e. The van der Waals surface area contributed by atoms with E-state index in [0.29, 0.717) is 11.7 Å². The zero-order valence-electron chi connectivity index (χ0n) is 7.90. The lowest BCUT2D eigenvalue weighted by Gasteiger charge is -1.96. The third kappa shape index (κ3) is 1.67. The van der Waals surface area contributed by atoms with Gasteiger partial charge in [0.2, 0.25) is 5.89 Å². The van der Waals surface area contributed by atoms with Gasteiger partial charge in [0.15, 0.2) is 0 Å². The Morgan fingerprint density at radius 1 is 1.43 bits per heavy atom. The summed E-state index contributed by atoms with van der Waals surface area (Å²) in [5, 5.41) is 8.82. The maximum absolute atomic E-state index is 8.82. The molecule has 0 aliphatic carbocycles. The molecule has 1 N–H and O–H groups in total. The van der Waals surface area contributed by atoms with Gasteiger partial charge in [-0.05, 0) is 19.1 Å². The normalized spacial score (nSPS) is 10.4. The standard InChI is InChI=1S/C11H11NO2/c1-8-3-2-4-9(5-8)11-12-6-10(7-13)14-11/h2-6,13H,7H2,1H3. The van der Waals surface area contributed by atoms with Crippen LogP contribution in [0.2, 0.25) is 0 Å². The van der Waals surface area contributed by atoms with Crippen LogP contribution < -0.4 is 0 Å². The number of hydrogen-bond donors (Lipinski definition) is 1. The van der Waals surface area contributed by atoms with Crippen LogP contribution in [0.15, 0.2) is 34.9 Å². The van der Waals surface area contributed by atoms with Crippen LogP contribution in [0.4, 0.5) is 0 Å². The molecule has 0 spiro atoms. The molecule has 72 valence electrons. The summed E-state index contributed by atoms with van der Waals surface area (Å²) in [6, 6.07) is 7.89. The van der Waals surface area contributed by atoms with Crippen LogP contribution in [0.3, 0.4) is 0 Å². The molecule has 2 rings (SSSR count). The average molecular weight is 189 g/mol. The minimum absolute atomic E-state index is 0.112. The molecule has 14 heavy (non-hydrogen) atoms. The monoisotopic (exact) mass is 189 g/mol. The van der Waals surface area contributed by atoms with Crippen LogP contribution in [0.5, 0.6) is 0 Å². The van der Waals surface area contributed by atoms with Gasteiger partial charge in [-0.1, -0.05) is 17.7 Å². The van der Waals surface area contributed by atoms with Gasteiger partial charge in [-0.2, -0.15) is 0 Å². The van der Waals surface area contributed by atoms with Crippen molar-refractivity contribution >= 4 is 0 Å². The largest absolute Gasteiger partial charge is 0.439 e. The number of aryl methyl sites for hydroxylation is 1. The van der Waals surface area contributed by atoms with E-state index in [1.165, 1.54) is 6.20 Å². The summed E-state index contributed by atoms with van der Waals surface area (Å²) < 4.78 is 5.31. The fraction of sp³-hybridized carbons (Fsp3) is 0.182. The zero-order valence-corrected chi connectivity index (χ0v) is 7.90. The Morgan fingerprint density at radius 3 is 2.93 bits per heavy atom. The summed E-state index contributed by atoms with van der Waals surface area (Å²) in [7, 11) is 0. The molecule has 0 atom stereocenters. The van der Waals surface area contributed by atoms with Crippen molar-refractivity contribution in [2.24, 2.45) is 0 Å². The summed E-state index contributed by atoms with van der Waals surface area (Å²) in [6.45, 7) is 1.90. The second-order valence-corrected chi connectivity index (χ2v) is 3.16. The molecule has 0 aliphatic heterocycles. The van der Waals surface area contributed by atoms with Gasteiger partial charge in [0, 0.05) is 5.56 Å². The Bertz CT molecular complexity index is 434. The summed E-state index contributed by atoms with van der Waals surface area (Å²) in [6.07, 6.45) is 1.54. The van der Waals surface area contributed by atoms with Crippen molar-refractivity contribution in [2.75, 3.05) is 0 Å². The number of aliphatic hydroxyl groups is 1. The molecule has 3 nitrogen and oxygen atoms in total. The maximum Gasteiger partial charge on any atom is 0.226 e. The van der Waals surface area contributed by atoms with Gasteiger partial charge in [-0.3, -0.25) is 0 Å².